The van der Waals surface area contributed by atoms with Crippen molar-refractivity contribution < 1.29 is 9.47 Å². The van der Waals surface area contributed by atoms with Gasteiger partial charge in [0.15, 0.2) is 0 Å². The number of nitrogens with zero attached hydrogens (tertiary/aromatic N) is 2. The van der Waals surface area contributed by atoms with E-state index in [1.54, 1.807) is 7.11 Å². The van der Waals surface area contributed by atoms with E-state index < -0.39 is 0 Å². The third kappa shape index (κ3) is 2.91. The lowest BCUT2D eigenvalue weighted by atomic mass is 10.2. The van der Waals surface area contributed by atoms with Crippen molar-refractivity contribution in [3.8, 4) is 5.75 Å². The quantitative estimate of drug-likeness (QED) is 0.735. The molecular weight excluding hydrogens is 276 g/mol. The Morgan fingerprint density at radius 3 is 2.85 bits per heavy atom. The van der Waals surface area contributed by atoms with E-state index in [2.05, 4.69) is 17.6 Å². The molecule has 5 heteroatoms. The minimum absolute atomic E-state index is 0.213. The van der Waals surface area contributed by atoms with Gasteiger partial charge in [-0.15, -0.1) is 11.6 Å². The van der Waals surface area contributed by atoms with E-state index in [4.69, 9.17) is 26.1 Å². The Labute approximate surface area is 124 Å². The molecule has 4 nitrogen and oxygen atoms in total. The van der Waals surface area contributed by atoms with E-state index in [-0.39, 0.29) is 6.04 Å². The fraction of sp³-hybridized carbons (Fsp3) is 0.533. The highest BCUT2D eigenvalue weighted by atomic mass is 35.5. The Hall–Kier alpha value is -1.26. The van der Waals surface area contributed by atoms with Crippen molar-refractivity contribution in [1.29, 1.82) is 0 Å². The highest BCUT2D eigenvalue weighted by Crippen LogP contribution is 2.28. The van der Waals surface area contributed by atoms with Gasteiger partial charge in [-0.3, -0.25) is 0 Å². The largest absolute Gasteiger partial charge is 0.494 e. The van der Waals surface area contributed by atoms with Crippen molar-refractivity contribution in [2.75, 3.05) is 26.2 Å². The first kappa shape index (κ1) is 15.1. The summed E-state index contributed by atoms with van der Waals surface area (Å²) in [5.74, 6) is 2.32. The molecule has 1 heterocycles. The van der Waals surface area contributed by atoms with Gasteiger partial charge < -0.3 is 14.0 Å². The van der Waals surface area contributed by atoms with Crippen molar-refractivity contribution in [3.05, 3.63) is 24.0 Å². The number of imidazole rings is 1. The number of hydrogen-bond donors (Lipinski definition) is 0. The van der Waals surface area contributed by atoms with Crippen LogP contribution in [0.1, 0.15) is 25.7 Å². The van der Waals surface area contributed by atoms with Crippen LogP contribution in [-0.4, -0.2) is 35.8 Å². The number of aromatic nitrogens is 2. The molecule has 2 rings (SSSR count). The molecule has 1 unspecified atom stereocenters. The van der Waals surface area contributed by atoms with Gasteiger partial charge in [0.25, 0.3) is 0 Å². The van der Waals surface area contributed by atoms with Crippen molar-refractivity contribution in [1.82, 2.24) is 9.55 Å². The fourth-order valence-corrected chi connectivity index (χ4v) is 2.59. The number of fused-ring (bicyclic) bond motifs is 1. The van der Waals surface area contributed by atoms with E-state index in [9.17, 15) is 0 Å². The van der Waals surface area contributed by atoms with Gasteiger partial charge in [-0.1, -0.05) is 6.07 Å². The highest BCUT2D eigenvalue weighted by molar-refractivity contribution is 6.17. The van der Waals surface area contributed by atoms with Crippen molar-refractivity contribution in [2.24, 2.45) is 0 Å². The summed E-state index contributed by atoms with van der Waals surface area (Å²) in [5, 5.41) is 0. The fourth-order valence-electron chi connectivity index (χ4n) is 2.42. The van der Waals surface area contributed by atoms with Crippen LogP contribution in [0.3, 0.4) is 0 Å². The highest BCUT2D eigenvalue weighted by Gasteiger charge is 2.17. The van der Waals surface area contributed by atoms with Crippen LogP contribution in [-0.2, 0) is 11.2 Å². The van der Waals surface area contributed by atoms with Gasteiger partial charge in [-0.2, -0.15) is 0 Å². The smallest absolute Gasteiger partial charge is 0.146 e. The van der Waals surface area contributed by atoms with Gasteiger partial charge in [0.2, 0.25) is 0 Å². The second kappa shape index (κ2) is 6.95. The summed E-state index contributed by atoms with van der Waals surface area (Å²) in [6.45, 7) is 5.51. The number of para-hydroxylation sites is 1. The molecule has 0 amide bonds. The number of hydrogen-bond acceptors (Lipinski definition) is 3. The molecule has 0 saturated carbocycles. The van der Waals surface area contributed by atoms with Crippen LogP contribution in [0, 0.1) is 0 Å². The number of benzene rings is 1. The zero-order valence-electron chi connectivity index (χ0n) is 12.2. The lowest BCUT2D eigenvalue weighted by molar-refractivity contribution is 0.119. The maximum Gasteiger partial charge on any atom is 0.146 e. The monoisotopic (exact) mass is 296 g/mol. The van der Waals surface area contributed by atoms with Gasteiger partial charge in [-0.05, 0) is 26.0 Å². The third-order valence-corrected chi connectivity index (χ3v) is 3.49. The predicted octanol–water partition coefficient (Wildman–Crippen LogP) is 3.42. The van der Waals surface area contributed by atoms with E-state index in [0.29, 0.717) is 19.1 Å². The van der Waals surface area contributed by atoms with Gasteiger partial charge in [0.05, 0.1) is 25.3 Å². The van der Waals surface area contributed by atoms with Crippen LogP contribution < -0.4 is 4.74 Å². The Bertz CT molecular complexity index is 568. The maximum absolute atomic E-state index is 5.90. The van der Waals surface area contributed by atoms with Gasteiger partial charge >= 0.3 is 0 Å². The summed E-state index contributed by atoms with van der Waals surface area (Å²) in [7, 11) is 1.67. The first-order valence-corrected chi connectivity index (χ1v) is 7.43. The second-order valence-electron chi connectivity index (χ2n) is 4.67. The minimum atomic E-state index is 0.213. The van der Waals surface area contributed by atoms with Gasteiger partial charge in [0.1, 0.15) is 17.1 Å². The minimum Gasteiger partial charge on any atom is -0.494 e. The van der Waals surface area contributed by atoms with E-state index in [1.807, 2.05) is 19.1 Å². The summed E-state index contributed by atoms with van der Waals surface area (Å²) >= 11 is 5.90. The van der Waals surface area contributed by atoms with E-state index in [1.165, 1.54) is 0 Å². The number of methoxy groups -OCH3 is 1. The van der Waals surface area contributed by atoms with Crippen LogP contribution in [0.15, 0.2) is 18.2 Å². The summed E-state index contributed by atoms with van der Waals surface area (Å²) in [5.41, 5.74) is 1.95. The maximum atomic E-state index is 5.90. The molecule has 2 aromatic rings. The first-order chi connectivity index (χ1) is 9.72. The number of rotatable bonds is 7. The topological polar surface area (TPSA) is 36.3 Å². The average Bonchev–Trinajstić information content (AvgIpc) is 2.83. The summed E-state index contributed by atoms with van der Waals surface area (Å²) in [4.78, 5) is 4.70. The zero-order chi connectivity index (χ0) is 14.5. The van der Waals surface area contributed by atoms with Crippen molar-refractivity contribution >= 4 is 22.6 Å². The van der Waals surface area contributed by atoms with Crippen LogP contribution >= 0.6 is 11.6 Å². The summed E-state index contributed by atoms with van der Waals surface area (Å²) in [6.07, 6.45) is 0.732. The standard InChI is InChI=1S/C15H21ClN2O2/c1-4-20-10-11(2)18-12-6-5-7-13(19-3)15(12)17-14(18)8-9-16/h5-7,11H,4,8-10H2,1-3H3. The summed E-state index contributed by atoms with van der Waals surface area (Å²) < 4.78 is 13.1. The lowest BCUT2D eigenvalue weighted by Gasteiger charge is -2.17. The molecule has 0 bridgehead atoms. The van der Waals surface area contributed by atoms with Crippen molar-refractivity contribution in [3.63, 3.8) is 0 Å². The Morgan fingerprint density at radius 2 is 2.20 bits per heavy atom. The SMILES string of the molecule is CCOCC(C)n1c(CCCl)nc2c(OC)cccc21. The number of aryl methyl sites for hydroxylation is 1. The molecule has 0 fully saturated rings. The number of alkyl halides is 1. The molecule has 0 aliphatic carbocycles. The Morgan fingerprint density at radius 1 is 1.40 bits per heavy atom. The van der Waals surface area contributed by atoms with Crippen LogP contribution in [0.4, 0.5) is 0 Å². The molecular formula is C15H21ClN2O2. The van der Waals surface area contributed by atoms with Crippen LogP contribution in [0.25, 0.3) is 11.0 Å². The molecule has 0 radical (unpaired) electrons. The molecule has 1 aromatic carbocycles. The van der Waals surface area contributed by atoms with E-state index >= 15 is 0 Å². The molecule has 0 aliphatic heterocycles. The number of halogens is 1. The average molecular weight is 297 g/mol. The molecule has 1 aromatic heterocycles. The van der Waals surface area contributed by atoms with E-state index in [0.717, 1.165) is 29.0 Å². The third-order valence-electron chi connectivity index (χ3n) is 3.30. The van der Waals surface area contributed by atoms with Crippen LogP contribution in [0.5, 0.6) is 5.75 Å². The predicted molar refractivity (Wildman–Crippen MR) is 81.9 cm³/mol. The summed E-state index contributed by atoms with van der Waals surface area (Å²) in [6, 6.07) is 6.19. The van der Waals surface area contributed by atoms with Gasteiger partial charge in [-0.25, -0.2) is 4.98 Å². The Balaban J connectivity index is 2.51. The molecule has 0 aliphatic rings. The molecule has 20 heavy (non-hydrogen) atoms. The molecule has 1 atom stereocenters. The molecule has 0 N–H and O–H groups in total. The normalized spacial score (nSPS) is 12.8. The Kier molecular flexibility index (Phi) is 5.26. The van der Waals surface area contributed by atoms with Crippen molar-refractivity contribution in [2.45, 2.75) is 26.3 Å². The first-order valence-electron chi connectivity index (χ1n) is 6.90. The molecule has 0 spiro atoms. The number of ether oxygens (including phenoxy) is 2. The lowest BCUT2D eigenvalue weighted by Crippen LogP contribution is -2.15. The van der Waals surface area contributed by atoms with Gasteiger partial charge in [0, 0.05) is 18.9 Å². The molecule has 0 saturated heterocycles. The molecule has 110 valence electrons. The zero-order valence-corrected chi connectivity index (χ0v) is 13.0. The second-order valence-corrected chi connectivity index (χ2v) is 5.05. The van der Waals surface area contributed by atoms with Crippen LogP contribution in [0.2, 0.25) is 0 Å².